The second-order valence-electron chi connectivity index (χ2n) is 8.83. The summed E-state index contributed by atoms with van der Waals surface area (Å²) < 4.78 is 0. The first-order valence-corrected chi connectivity index (χ1v) is 10.5. The fraction of sp³-hybridized carbons (Fsp3) is 0.636. The fourth-order valence-electron chi connectivity index (χ4n) is 5.52. The molecule has 0 radical (unpaired) electrons. The summed E-state index contributed by atoms with van der Waals surface area (Å²) in [4.78, 5) is 28.7. The van der Waals surface area contributed by atoms with Gasteiger partial charge in [0.15, 0.2) is 0 Å². The van der Waals surface area contributed by atoms with Crippen LogP contribution < -0.4 is 5.32 Å². The summed E-state index contributed by atoms with van der Waals surface area (Å²) >= 11 is 0. The maximum Gasteiger partial charge on any atom is 0.312 e. The number of hydrogen-bond donors (Lipinski definition) is 2. The Bertz CT molecular complexity index is 729. The van der Waals surface area contributed by atoms with Crippen molar-refractivity contribution in [2.45, 2.75) is 44.7 Å². The second-order valence-corrected chi connectivity index (χ2v) is 8.83. The van der Waals surface area contributed by atoms with Crippen molar-refractivity contribution < 1.29 is 14.7 Å². The largest absolute Gasteiger partial charge is 0.481 e. The molecule has 0 unspecified atom stereocenters. The molecular weight excluding hydrogens is 354 g/mol. The first-order chi connectivity index (χ1) is 13.5. The van der Waals surface area contributed by atoms with Crippen molar-refractivity contribution in [3.63, 3.8) is 0 Å². The quantitative estimate of drug-likeness (QED) is 0.813. The SMILES string of the molecule is CNC(=O)c1ccc(CN2C[C@H]3CN(C4CCCCC4)C[C@@]3(C(=O)O)C2)cc1. The highest BCUT2D eigenvalue weighted by molar-refractivity contribution is 5.93. The number of nitrogens with zero attached hydrogens (tertiary/aromatic N) is 2. The minimum Gasteiger partial charge on any atom is -0.481 e. The molecular formula is C22H31N3O3. The first kappa shape index (κ1) is 19.4. The van der Waals surface area contributed by atoms with Crippen LogP contribution in [0.25, 0.3) is 0 Å². The van der Waals surface area contributed by atoms with Crippen LogP contribution in [-0.4, -0.2) is 66.1 Å². The number of likely N-dealkylation sites (tertiary alicyclic amines) is 2. The number of carboxylic acids is 1. The standard InChI is InChI=1S/C22H31N3O3/c1-23-20(26)17-9-7-16(8-10-17)11-24-12-18-13-25(19-5-3-2-4-6-19)15-22(18,14-24)21(27)28/h7-10,18-19H,2-6,11-15H2,1H3,(H,23,26)(H,27,28)/t18-,22-/m0/s1. The molecule has 1 aromatic carbocycles. The number of rotatable bonds is 5. The number of amides is 1. The molecule has 0 bridgehead atoms. The van der Waals surface area contributed by atoms with E-state index >= 15 is 0 Å². The highest BCUT2D eigenvalue weighted by atomic mass is 16.4. The van der Waals surface area contributed by atoms with Gasteiger partial charge in [-0.25, -0.2) is 0 Å². The Balaban J connectivity index is 1.42. The van der Waals surface area contributed by atoms with Gasteiger partial charge in [-0.2, -0.15) is 0 Å². The summed E-state index contributed by atoms with van der Waals surface area (Å²) in [6.07, 6.45) is 6.34. The summed E-state index contributed by atoms with van der Waals surface area (Å²) in [5.41, 5.74) is 1.14. The van der Waals surface area contributed by atoms with Gasteiger partial charge in [-0.3, -0.25) is 19.4 Å². The number of fused-ring (bicyclic) bond motifs is 1. The number of nitrogens with one attached hydrogen (secondary N) is 1. The molecule has 28 heavy (non-hydrogen) atoms. The second kappa shape index (κ2) is 7.84. The Morgan fingerprint density at radius 2 is 1.82 bits per heavy atom. The van der Waals surface area contributed by atoms with Crippen molar-refractivity contribution in [2.24, 2.45) is 11.3 Å². The number of carbonyl (C=O) groups is 2. The van der Waals surface area contributed by atoms with Crippen molar-refractivity contribution in [3.05, 3.63) is 35.4 Å². The van der Waals surface area contributed by atoms with Crippen LogP contribution in [0.4, 0.5) is 0 Å². The molecule has 6 nitrogen and oxygen atoms in total. The van der Waals surface area contributed by atoms with Gasteiger partial charge >= 0.3 is 5.97 Å². The summed E-state index contributed by atoms with van der Waals surface area (Å²) in [5, 5.41) is 12.7. The van der Waals surface area contributed by atoms with E-state index in [1.54, 1.807) is 7.05 Å². The molecule has 1 amide bonds. The Hall–Kier alpha value is -1.92. The first-order valence-electron chi connectivity index (χ1n) is 10.5. The van der Waals surface area contributed by atoms with Gasteiger partial charge in [0.05, 0.1) is 5.41 Å². The minimum absolute atomic E-state index is 0.0881. The molecule has 2 N–H and O–H groups in total. The molecule has 1 saturated carbocycles. The van der Waals surface area contributed by atoms with Crippen molar-refractivity contribution in [1.82, 2.24) is 15.1 Å². The zero-order valence-electron chi connectivity index (χ0n) is 16.7. The lowest BCUT2D eigenvalue weighted by molar-refractivity contribution is -0.149. The molecule has 2 aliphatic heterocycles. The van der Waals surface area contributed by atoms with Crippen LogP contribution in [0.1, 0.15) is 48.0 Å². The van der Waals surface area contributed by atoms with Crippen LogP contribution >= 0.6 is 0 Å². The summed E-state index contributed by atoms with van der Waals surface area (Å²) in [7, 11) is 1.63. The minimum atomic E-state index is -0.631. The van der Waals surface area contributed by atoms with E-state index in [0.29, 0.717) is 24.7 Å². The maximum atomic E-state index is 12.3. The molecule has 3 fully saturated rings. The molecule has 1 aliphatic carbocycles. The average molecular weight is 386 g/mol. The number of carboxylic acid groups (broad SMARTS) is 1. The smallest absolute Gasteiger partial charge is 0.312 e. The Morgan fingerprint density at radius 3 is 2.43 bits per heavy atom. The van der Waals surface area contributed by atoms with Crippen LogP contribution in [0.15, 0.2) is 24.3 Å². The van der Waals surface area contributed by atoms with Gasteiger partial charge in [0, 0.05) is 57.3 Å². The third kappa shape index (κ3) is 3.55. The van der Waals surface area contributed by atoms with E-state index in [0.717, 1.165) is 25.2 Å². The molecule has 3 aliphatic rings. The van der Waals surface area contributed by atoms with E-state index in [2.05, 4.69) is 15.1 Å². The highest BCUT2D eigenvalue weighted by Gasteiger charge is 2.58. The summed E-state index contributed by atoms with van der Waals surface area (Å²) in [6.45, 7) is 3.82. The number of aliphatic carboxylic acids is 1. The Kier molecular flexibility index (Phi) is 5.43. The zero-order chi connectivity index (χ0) is 19.7. The molecule has 2 atom stereocenters. The molecule has 0 spiro atoms. The molecule has 1 aromatic rings. The summed E-state index contributed by atoms with van der Waals surface area (Å²) in [5.74, 6) is -0.514. The lowest BCUT2D eigenvalue weighted by atomic mass is 9.81. The number of hydrogen-bond acceptors (Lipinski definition) is 4. The molecule has 6 heteroatoms. The zero-order valence-corrected chi connectivity index (χ0v) is 16.7. The van der Waals surface area contributed by atoms with Gasteiger partial charge in [-0.1, -0.05) is 31.4 Å². The van der Waals surface area contributed by atoms with Gasteiger partial charge in [0.2, 0.25) is 0 Å². The van der Waals surface area contributed by atoms with Crippen molar-refractivity contribution >= 4 is 11.9 Å². The van der Waals surface area contributed by atoms with Crippen LogP contribution in [0.2, 0.25) is 0 Å². The van der Waals surface area contributed by atoms with Gasteiger partial charge in [-0.05, 0) is 30.5 Å². The van der Waals surface area contributed by atoms with Gasteiger partial charge in [0.1, 0.15) is 0 Å². The third-order valence-electron chi connectivity index (χ3n) is 7.07. The van der Waals surface area contributed by atoms with E-state index in [1.165, 1.54) is 32.1 Å². The van der Waals surface area contributed by atoms with E-state index < -0.39 is 11.4 Å². The van der Waals surface area contributed by atoms with E-state index in [4.69, 9.17) is 0 Å². The lowest BCUT2D eigenvalue weighted by Gasteiger charge is -2.33. The molecule has 2 heterocycles. The van der Waals surface area contributed by atoms with Crippen LogP contribution in [0.5, 0.6) is 0 Å². The number of carbonyl (C=O) groups excluding carboxylic acids is 1. The molecule has 152 valence electrons. The van der Waals surface area contributed by atoms with Gasteiger partial charge in [-0.15, -0.1) is 0 Å². The maximum absolute atomic E-state index is 12.3. The highest BCUT2D eigenvalue weighted by Crippen LogP contribution is 2.45. The van der Waals surface area contributed by atoms with Crippen LogP contribution in [0, 0.1) is 11.3 Å². The van der Waals surface area contributed by atoms with Crippen LogP contribution in [-0.2, 0) is 11.3 Å². The van der Waals surface area contributed by atoms with Gasteiger partial charge in [0.25, 0.3) is 5.91 Å². The van der Waals surface area contributed by atoms with Gasteiger partial charge < -0.3 is 10.4 Å². The lowest BCUT2D eigenvalue weighted by Crippen LogP contribution is -2.43. The van der Waals surface area contributed by atoms with Crippen molar-refractivity contribution in [1.29, 1.82) is 0 Å². The number of benzene rings is 1. The Labute approximate surface area is 166 Å². The van der Waals surface area contributed by atoms with E-state index in [9.17, 15) is 14.7 Å². The predicted octanol–water partition coefficient (Wildman–Crippen LogP) is 2.20. The van der Waals surface area contributed by atoms with Crippen LogP contribution in [0.3, 0.4) is 0 Å². The Morgan fingerprint density at radius 1 is 1.11 bits per heavy atom. The van der Waals surface area contributed by atoms with E-state index in [-0.39, 0.29) is 11.8 Å². The van der Waals surface area contributed by atoms with Crippen molar-refractivity contribution in [3.8, 4) is 0 Å². The molecule has 0 aromatic heterocycles. The normalized spacial score (nSPS) is 29.0. The fourth-order valence-corrected chi connectivity index (χ4v) is 5.52. The van der Waals surface area contributed by atoms with E-state index in [1.807, 2.05) is 24.3 Å². The van der Waals surface area contributed by atoms with Crippen molar-refractivity contribution in [2.75, 3.05) is 33.2 Å². The average Bonchev–Trinajstić information content (AvgIpc) is 3.24. The topological polar surface area (TPSA) is 72.9 Å². The molecule has 4 rings (SSSR count). The monoisotopic (exact) mass is 385 g/mol. The molecule has 2 saturated heterocycles. The third-order valence-corrected chi connectivity index (χ3v) is 7.07. The predicted molar refractivity (Wildman–Crippen MR) is 107 cm³/mol. The summed E-state index contributed by atoms with van der Waals surface area (Å²) in [6, 6.07) is 8.20.